The highest BCUT2D eigenvalue weighted by Crippen LogP contribution is 2.31. The van der Waals surface area contributed by atoms with Crippen molar-refractivity contribution in [1.82, 2.24) is 25.8 Å². The number of anilines is 4. The number of nitrogens with zero attached hydrogens (tertiary/aromatic N) is 6. The Bertz CT molecular complexity index is 3710. The molecule has 10 rings (SSSR count). The summed E-state index contributed by atoms with van der Waals surface area (Å²) in [5.74, 6) is -1.51. The summed E-state index contributed by atoms with van der Waals surface area (Å²) in [6, 6.07) is 41.6. The summed E-state index contributed by atoms with van der Waals surface area (Å²) in [7, 11) is 0. The monoisotopic (exact) mass is 1320 g/mol. The Morgan fingerprint density at radius 2 is 0.979 bits per heavy atom. The average Bonchev–Trinajstić information content (AvgIpc) is 1.73. The van der Waals surface area contributed by atoms with Gasteiger partial charge in [-0.25, -0.2) is 28.0 Å². The van der Waals surface area contributed by atoms with Crippen LogP contribution in [0.15, 0.2) is 146 Å². The molecule has 0 saturated carbocycles. The number of hydrogen-bond donors (Lipinski definition) is 4. The molecular formula is C71H80F2N10O13. The predicted octanol–water partition coefficient (Wildman–Crippen LogP) is 8.81. The predicted molar refractivity (Wildman–Crippen MR) is 355 cm³/mol. The lowest BCUT2D eigenvalue weighted by atomic mass is 10.0. The van der Waals surface area contributed by atoms with Gasteiger partial charge >= 0.3 is 24.4 Å². The Morgan fingerprint density at radius 3 is 1.45 bits per heavy atom. The van der Waals surface area contributed by atoms with Crippen LogP contribution in [0.25, 0.3) is 0 Å². The number of ketones is 3. The van der Waals surface area contributed by atoms with Crippen molar-refractivity contribution in [2.24, 2.45) is 5.73 Å². The van der Waals surface area contributed by atoms with E-state index in [1.165, 1.54) is 21.9 Å². The second-order valence-corrected chi connectivity index (χ2v) is 24.4. The second-order valence-electron chi connectivity index (χ2n) is 24.4. The lowest BCUT2D eigenvalue weighted by Crippen LogP contribution is -2.49. The largest absolute Gasteiger partial charge is 0.445 e. The van der Waals surface area contributed by atoms with Gasteiger partial charge in [-0.1, -0.05) is 109 Å². The molecule has 0 bridgehead atoms. The maximum Gasteiger partial charge on any atom is 0.414 e. The number of nitrogens with one attached hydrogen (secondary N) is 3. The summed E-state index contributed by atoms with van der Waals surface area (Å²) in [5, 5.41) is 8.40. The number of amides is 6. The van der Waals surface area contributed by atoms with Gasteiger partial charge in [-0.3, -0.25) is 33.8 Å². The van der Waals surface area contributed by atoms with Crippen LogP contribution in [0.3, 0.4) is 0 Å². The van der Waals surface area contributed by atoms with Crippen molar-refractivity contribution in [2.45, 2.75) is 84.0 Å². The molecule has 4 aliphatic rings. The maximum atomic E-state index is 15.3. The molecule has 2 atom stereocenters. The van der Waals surface area contributed by atoms with Gasteiger partial charge in [-0.2, -0.15) is 0 Å². The van der Waals surface area contributed by atoms with E-state index < -0.39 is 53.8 Å². The van der Waals surface area contributed by atoms with Crippen LogP contribution in [-0.4, -0.2) is 166 Å². The van der Waals surface area contributed by atoms with Gasteiger partial charge in [0.05, 0.1) is 48.9 Å². The van der Waals surface area contributed by atoms with E-state index in [1.54, 1.807) is 103 Å². The molecule has 0 unspecified atom stereocenters. The van der Waals surface area contributed by atoms with Gasteiger partial charge in [0.2, 0.25) is 11.8 Å². The third-order valence-electron chi connectivity index (χ3n) is 16.4. The van der Waals surface area contributed by atoms with Gasteiger partial charge in [0, 0.05) is 114 Å². The van der Waals surface area contributed by atoms with E-state index in [0.717, 1.165) is 16.7 Å². The van der Waals surface area contributed by atoms with Crippen LogP contribution >= 0.6 is 0 Å². The minimum absolute atomic E-state index is 0.00441. The molecule has 4 saturated heterocycles. The van der Waals surface area contributed by atoms with Crippen LogP contribution < -0.4 is 41.3 Å². The average molecular weight is 1320 g/mol. The number of carbonyl (C=O) groups excluding carboxylic acids is 9. The molecule has 506 valence electrons. The fraction of sp³-hybridized carbons (Fsp3) is 0.366. The van der Waals surface area contributed by atoms with Gasteiger partial charge < -0.3 is 60.2 Å². The SMILES string of the molecule is CC(C)(C)OC(=O)NC[C@H]1CN(c2ccc(N3CCN(C(=O)CCC(=O)c4ccc(CNCC(=O)c5ccccc5)cc4)CC3)c(F)c2)C(=O)O1.NC[C@H]1CN(c2ccc(N3CCN(C(=O)CCC(=O)c4ccc(CNC(=O)OCc5ccccc5)cc4)CC3)c(F)c2)C(=O)O1. The third kappa shape index (κ3) is 19.9. The summed E-state index contributed by atoms with van der Waals surface area (Å²) in [6.07, 6.45) is -3.07. The highest BCUT2D eigenvalue weighted by Gasteiger charge is 2.35. The van der Waals surface area contributed by atoms with Crippen molar-refractivity contribution >= 4 is 76.3 Å². The van der Waals surface area contributed by atoms with E-state index in [4.69, 9.17) is 24.7 Å². The van der Waals surface area contributed by atoms with Crippen molar-refractivity contribution in [1.29, 1.82) is 0 Å². The first kappa shape index (κ1) is 70.1. The lowest BCUT2D eigenvalue weighted by Gasteiger charge is -2.36. The smallest absolute Gasteiger partial charge is 0.414 e. The molecule has 96 heavy (non-hydrogen) atoms. The highest BCUT2D eigenvalue weighted by molar-refractivity contribution is 5.99. The zero-order valence-corrected chi connectivity index (χ0v) is 54.0. The standard InChI is InChI=1S/C38H44FN5O7.C33H36FN5O6/c1-38(2,3)51-36(48)41-23-30-25-44(37(49)50-30)29-13-14-32(31(39)21-29)42-17-19-43(20-18-42)35(47)16-15-33(45)28-11-9-26(10-12-28)22-40-24-34(46)27-7-5-4-6-8-27;34-28-18-26(39-21-27(19-35)45-33(39)43)10-11-29(28)37-14-16-38(17-15-37)31(41)13-12-30(40)25-8-6-23(7-9-25)20-36-32(42)44-22-24-4-2-1-3-5-24/h4-14,21,30,40H,15-20,22-25H2,1-3H3,(H,41,48);1-11,18,27H,12-17,19-22,35H2,(H,36,42)/t30-;27-/m00/s1. The quantitative estimate of drug-likeness (QED) is 0.0325. The molecule has 6 aromatic carbocycles. The minimum atomic E-state index is -0.660. The summed E-state index contributed by atoms with van der Waals surface area (Å²) < 4.78 is 51.2. The number of ether oxygens (including phenoxy) is 4. The molecular weight excluding hydrogens is 1240 g/mol. The molecule has 0 spiro atoms. The number of hydrogen-bond acceptors (Lipinski definition) is 17. The summed E-state index contributed by atoms with van der Waals surface area (Å²) in [4.78, 5) is 122. The molecule has 6 amide bonds. The first-order valence-corrected chi connectivity index (χ1v) is 31.9. The number of Topliss-reactive ketones (excluding diaryl/α,β-unsaturated/α-hetero) is 3. The number of rotatable bonds is 24. The molecule has 4 fully saturated rings. The van der Waals surface area contributed by atoms with E-state index >= 15 is 8.78 Å². The summed E-state index contributed by atoms with van der Waals surface area (Å²) in [6.45, 7) is 10.3. The third-order valence-corrected chi connectivity index (χ3v) is 16.4. The first-order chi connectivity index (χ1) is 46.2. The Labute approximate surface area is 555 Å². The lowest BCUT2D eigenvalue weighted by molar-refractivity contribution is -0.132. The summed E-state index contributed by atoms with van der Waals surface area (Å²) in [5.41, 5.74) is 10.7. The van der Waals surface area contributed by atoms with E-state index in [1.807, 2.05) is 70.5 Å². The van der Waals surface area contributed by atoms with Crippen LogP contribution in [0.5, 0.6) is 0 Å². The zero-order valence-electron chi connectivity index (χ0n) is 54.0. The van der Waals surface area contributed by atoms with Gasteiger partial charge in [0.15, 0.2) is 17.3 Å². The molecule has 4 aliphatic heterocycles. The van der Waals surface area contributed by atoms with Gasteiger partial charge in [-0.15, -0.1) is 0 Å². The number of cyclic esters (lactones) is 2. The number of carbonyl (C=O) groups is 9. The second kappa shape index (κ2) is 33.2. The van der Waals surface area contributed by atoms with Crippen LogP contribution in [0.2, 0.25) is 0 Å². The fourth-order valence-corrected chi connectivity index (χ4v) is 11.1. The Balaban J connectivity index is 0.000000227. The van der Waals surface area contributed by atoms with Crippen molar-refractivity contribution in [2.75, 3.05) is 105 Å². The molecule has 5 N–H and O–H groups in total. The Morgan fingerprint density at radius 1 is 0.521 bits per heavy atom. The van der Waals surface area contributed by atoms with Crippen molar-refractivity contribution in [3.05, 3.63) is 191 Å². The topological polar surface area (TPSA) is 272 Å². The number of alkyl carbamates (subject to hydrolysis) is 2. The van der Waals surface area contributed by atoms with E-state index in [9.17, 15) is 43.2 Å². The molecule has 4 heterocycles. The molecule has 25 heteroatoms. The van der Waals surface area contributed by atoms with Gasteiger partial charge in [-0.05, 0) is 73.9 Å². The number of benzene rings is 6. The van der Waals surface area contributed by atoms with E-state index in [-0.39, 0.29) is 101 Å². The molecule has 0 radical (unpaired) electrons. The molecule has 0 aromatic heterocycles. The fourth-order valence-electron chi connectivity index (χ4n) is 11.1. The van der Waals surface area contributed by atoms with Crippen LogP contribution in [0, 0.1) is 11.6 Å². The Kier molecular flexibility index (Phi) is 24.2. The van der Waals surface area contributed by atoms with Crippen molar-refractivity contribution < 1.29 is 70.9 Å². The molecule has 0 aliphatic carbocycles. The first-order valence-electron chi connectivity index (χ1n) is 31.9. The molecule has 23 nitrogen and oxygen atoms in total. The van der Waals surface area contributed by atoms with Crippen LogP contribution in [0.4, 0.5) is 50.7 Å². The van der Waals surface area contributed by atoms with Crippen molar-refractivity contribution in [3.63, 3.8) is 0 Å². The maximum absolute atomic E-state index is 15.3. The number of piperazine rings is 2. The van der Waals surface area contributed by atoms with E-state index in [0.29, 0.717) is 98.3 Å². The molecule has 6 aromatic rings. The van der Waals surface area contributed by atoms with Crippen LogP contribution in [-0.2, 0) is 48.2 Å². The number of halogens is 2. The van der Waals surface area contributed by atoms with E-state index in [2.05, 4.69) is 16.0 Å². The van der Waals surface area contributed by atoms with Crippen molar-refractivity contribution in [3.8, 4) is 0 Å². The van der Waals surface area contributed by atoms with Gasteiger partial charge in [0.1, 0.15) is 36.1 Å². The minimum Gasteiger partial charge on any atom is -0.445 e. The Hall–Kier alpha value is -10.3. The van der Waals surface area contributed by atoms with Gasteiger partial charge in [0.25, 0.3) is 0 Å². The van der Waals surface area contributed by atoms with Crippen LogP contribution in [0.1, 0.15) is 94.2 Å². The summed E-state index contributed by atoms with van der Waals surface area (Å²) >= 11 is 0. The zero-order chi connectivity index (χ0) is 68.3. The number of nitrogens with two attached hydrogens (primary N) is 1. The highest BCUT2D eigenvalue weighted by atomic mass is 19.1. The normalized spacial score (nSPS) is 16.2.